The molecule has 2 atom stereocenters. The van der Waals surface area contributed by atoms with Crippen LogP contribution in [0.5, 0.6) is 0 Å². The Hall–Kier alpha value is -1.10. The van der Waals surface area contributed by atoms with Crippen LogP contribution in [0.25, 0.3) is 0 Å². The molecule has 0 amide bonds. The molecule has 1 saturated heterocycles. The second-order valence-corrected chi connectivity index (χ2v) is 7.20. The molecule has 1 aliphatic heterocycles. The third-order valence-corrected chi connectivity index (χ3v) is 5.15. The molecule has 122 valence electrons. The van der Waals surface area contributed by atoms with Gasteiger partial charge in [-0.1, -0.05) is 12.1 Å². The van der Waals surface area contributed by atoms with Crippen LogP contribution in [0.15, 0.2) is 24.3 Å². The average Bonchev–Trinajstić information content (AvgIpc) is 2.50. The van der Waals surface area contributed by atoms with E-state index >= 15 is 0 Å². The van der Waals surface area contributed by atoms with Gasteiger partial charge in [-0.2, -0.15) is 0 Å². The Labute approximate surface area is 133 Å². The molecule has 0 radical (unpaired) electrons. The smallest absolute Gasteiger partial charge is 0.0726 e. The van der Waals surface area contributed by atoms with Crippen LogP contribution in [0.4, 0.5) is 5.69 Å². The lowest BCUT2D eigenvalue weighted by Gasteiger charge is -2.38. The van der Waals surface area contributed by atoms with Crippen LogP contribution < -0.4 is 16.4 Å². The standard InChI is InChI=1S/C18H29N3O/c1-13-11-21(12-14(2)22-13)17-5-3-15(4-6-17)18(20)9-7-16(19)8-10-18/h3-6,13-14,16H,7-12,19-20H2,1-2H3. The molecule has 4 nitrogen and oxygen atoms in total. The molecule has 0 spiro atoms. The number of hydrogen-bond donors (Lipinski definition) is 2. The van der Waals surface area contributed by atoms with E-state index in [1.165, 1.54) is 11.3 Å². The van der Waals surface area contributed by atoms with E-state index < -0.39 is 0 Å². The molecular formula is C18H29N3O. The third kappa shape index (κ3) is 3.29. The van der Waals surface area contributed by atoms with Gasteiger partial charge in [-0.05, 0) is 57.2 Å². The minimum atomic E-state index is -0.194. The molecule has 0 aromatic heterocycles. The van der Waals surface area contributed by atoms with Crippen molar-refractivity contribution in [3.05, 3.63) is 29.8 Å². The Balaban J connectivity index is 1.72. The second-order valence-electron chi connectivity index (χ2n) is 7.20. The number of ether oxygens (including phenoxy) is 1. The molecule has 1 saturated carbocycles. The van der Waals surface area contributed by atoms with Crippen LogP contribution in [0.2, 0.25) is 0 Å². The van der Waals surface area contributed by atoms with Crippen LogP contribution in [0, 0.1) is 0 Å². The van der Waals surface area contributed by atoms with Gasteiger partial charge in [-0.25, -0.2) is 0 Å². The van der Waals surface area contributed by atoms with Gasteiger partial charge in [0, 0.05) is 30.4 Å². The highest BCUT2D eigenvalue weighted by atomic mass is 16.5. The molecule has 2 unspecified atom stereocenters. The summed E-state index contributed by atoms with van der Waals surface area (Å²) in [5.41, 5.74) is 15.0. The van der Waals surface area contributed by atoms with E-state index in [2.05, 4.69) is 43.0 Å². The van der Waals surface area contributed by atoms with Crippen LogP contribution >= 0.6 is 0 Å². The van der Waals surface area contributed by atoms with Crippen molar-refractivity contribution in [2.45, 2.75) is 63.3 Å². The van der Waals surface area contributed by atoms with Gasteiger partial charge in [-0.3, -0.25) is 0 Å². The summed E-state index contributed by atoms with van der Waals surface area (Å²) in [6.07, 6.45) is 4.58. The van der Waals surface area contributed by atoms with E-state index in [0.717, 1.165) is 38.8 Å². The van der Waals surface area contributed by atoms with Crippen molar-refractivity contribution >= 4 is 5.69 Å². The average molecular weight is 303 g/mol. The first-order valence-electron chi connectivity index (χ1n) is 8.52. The van der Waals surface area contributed by atoms with Gasteiger partial charge < -0.3 is 21.1 Å². The van der Waals surface area contributed by atoms with Gasteiger partial charge in [0.1, 0.15) is 0 Å². The zero-order valence-corrected chi connectivity index (χ0v) is 13.8. The summed E-state index contributed by atoms with van der Waals surface area (Å²) in [7, 11) is 0. The molecule has 4 N–H and O–H groups in total. The van der Waals surface area contributed by atoms with Crippen LogP contribution in [-0.4, -0.2) is 31.3 Å². The fraction of sp³-hybridized carbons (Fsp3) is 0.667. The Bertz CT molecular complexity index is 484. The zero-order chi connectivity index (χ0) is 15.7. The maximum Gasteiger partial charge on any atom is 0.0726 e. The summed E-state index contributed by atoms with van der Waals surface area (Å²) in [5.74, 6) is 0. The summed E-state index contributed by atoms with van der Waals surface area (Å²) in [6, 6.07) is 9.16. The summed E-state index contributed by atoms with van der Waals surface area (Å²) in [6.45, 7) is 6.17. The highest BCUT2D eigenvalue weighted by Crippen LogP contribution is 2.35. The lowest BCUT2D eigenvalue weighted by molar-refractivity contribution is -0.00521. The first-order chi connectivity index (χ1) is 10.5. The minimum Gasteiger partial charge on any atom is -0.372 e. The van der Waals surface area contributed by atoms with Gasteiger partial charge in [0.25, 0.3) is 0 Å². The van der Waals surface area contributed by atoms with Crippen LogP contribution in [0.1, 0.15) is 45.1 Å². The number of nitrogens with zero attached hydrogens (tertiary/aromatic N) is 1. The second kappa shape index (κ2) is 6.19. The molecule has 0 bridgehead atoms. The highest BCUT2D eigenvalue weighted by molar-refractivity contribution is 5.49. The van der Waals surface area contributed by atoms with Crippen molar-refractivity contribution in [2.24, 2.45) is 11.5 Å². The van der Waals surface area contributed by atoms with E-state index in [0.29, 0.717) is 6.04 Å². The van der Waals surface area contributed by atoms with Gasteiger partial charge in [0.05, 0.1) is 12.2 Å². The Kier molecular flexibility index (Phi) is 4.44. The van der Waals surface area contributed by atoms with Crippen molar-refractivity contribution in [3.8, 4) is 0 Å². The first-order valence-corrected chi connectivity index (χ1v) is 8.52. The molecule has 1 aromatic rings. The molecule has 1 aliphatic carbocycles. The molecule has 22 heavy (non-hydrogen) atoms. The summed E-state index contributed by atoms with van der Waals surface area (Å²) in [4.78, 5) is 2.41. The molecule has 3 rings (SSSR count). The van der Waals surface area contributed by atoms with Crippen molar-refractivity contribution in [1.82, 2.24) is 0 Å². The van der Waals surface area contributed by atoms with Crippen molar-refractivity contribution in [3.63, 3.8) is 0 Å². The predicted molar refractivity (Wildman–Crippen MR) is 91.0 cm³/mol. The Morgan fingerprint density at radius 3 is 2.14 bits per heavy atom. The molecule has 4 heteroatoms. The van der Waals surface area contributed by atoms with Gasteiger partial charge in [-0.15, -0.1) is 0 Å². The number of morpholine rings is 1. The molecule has 1 heterocycles. The summed E-state index contributed by atoms with van der Waals surface area (Å²) >= 11 is 0. The number of benzene rings is 1. The van der Waals surface area contributed by atoms with Crippen LogP contribution in [0.3, 0.4) is 0 Å². The lowest BCUT2D eigenvalue weighted by Crippen LogP contribution is -2.45. The number of hydrogen-bond acceptors (Lipinski definition) is 4. The largest absolute Gasteiger partial charge is 0.372 e. The molecular weight excluding hydrogens is 274 g/mol. The molecule has 2 aliphatic rings. The van der Waals surface area contributed by atoms with E-state index in [1.54, 1.807) is 0 Å². The minimum absolute atomic E-state index is 0.194. The van der Waals surface area contributed by atoms with Crippen molar-refractivity contribution in [2.75, 3.05) is 18.0 Å². The quantitative estimate of drug-likeness (QED) is 0.880. The van der Waals surface area contributed by atoms with Gasteiger partial charge in [0.15, 0.2) is 0 Å². The topological polar surface area (TPSA) is 64.5 Å². The van der Waals surface area contributed by atoms with Gasteiger partial charge in [0.2, 0.25) is 0 Å². The molecule has 1 aromatic carbocycles. The fourth-order valence-electron chi connectivity index (χ4n) is 3.84. The maximum atomic E-state index is 6.63. The third-order valence-electron chi connectivity index (χ3n) is 5.15. The summed E-state index contributed by atoms with van der Waals surface area (Å²) in [5, 5.41) is 0. The monoisotopic (exact) mass is 303 g/mol. The Morgan fingerprint density at radius 2 is 1.59 bits per heavy atom. The number of rotatable bonds is 2. The van der Waals surface area contributed by atoms with E-state index in [1.807, 2.05) is 0 Å². The lowest BCUT2D eigenvalue weighted by atomic mass is 9.76. The van der Waals surface area contributed by atoms with Crippen LogP contribution in [-0.2, 0) is 10.3 Å². The van der Waals surface area contributed by atoms with E-state index in [4.69, 9.17) is 16.2 Å². The van der Waals surface area contributed by atoms with Gasteiger partial charge >= 0.3 is 0 Å². The highest BCUT2D eigenvalue weighted by Gasteiger charge is 2.32. The summed E-state index contributed by atoms with van der Waals surface area (Å²) < 4.78 is 5.81. The Morgan fingerprint density at radius 1 is 1.05 bits per heavy atom. The van der Waals surface area contributed by atoms with Crippen molar-refractivity contribution < 1.29 is 4.74 Å². The fourth-order valence-corrected chi connectivity index (χ4v) is 3.84. The van der Waals surface area contributed by atoms with E-state index in [9.17, 15) is 0 Å². The zero-order valence-electron chi connectivity index (χ0n) is 13.8. The molecule has 2 fully saturated rings. The maximum absolute atomic E-state index is 6.63. The number of nitrogens with two attached hydrogens (primary N) is 2. The normalized spacial score (nSPS) is 36.4. The first kappa shape index (κ1) is 15.8. The van der Waals surface area contributed by atoms with E-state index in [-0.39, 0.29) is 17.7 Å². The predicted octanol–water partition coefficient (Wildman–Crippen LogP) is 2.36. The number of anilines is 1. The SMILES string of the molecule is CC1CN(c2ccc(C3(N)CCC(N)CC3)cc2)CC(C)O1. The van der Waals surface area contributed by atoms with Crippen molar-refractivity contribution in [1.29, 1.82) is 0 Å².